The molecular weight excluding hydrogens is 254 g/mol. The Morgan fingerprint density at radius 1 is 0.789 bits per heavy atom. The Morgan fingerprint density at radius 3 is 1.95 bits per heavy atom. The number of nitrogens with one attached hydrogen (secondary N) is 1. The smallest absolute Gasteiger partial charge is 0.0503 e. The summed E-state index contributed by atoms with van der Waals surface area (Å²) in [5, 5.41) is 0. The lowest BCUT2D eigenvalue weighted by Crippen LogP contribution is -1.82. The van der Waals surface area contributed by atoms with Crippen molar-refractivity contribution >= 4 is 11.6 Å². The predicted octanol–water partition coefficient (Wildman–Crippen LogP) is 5.09. The van der Waals surface area contributed by atoms with E-state index in [-0.39, 0.29) is 0 Å². The second kappa shape index (κ2) is 5.33. The van der Waals surface area contributed by atoms with Gasteiger partial charge in [-0.2, -0.15) is 0 Å². The number of hydrogen-bond acceptors (Lipinski definition) is 0. The molecule has 1 aromatic heterocycles. The van der Waals surface area contributed by atoms with E-state index in [1.165, 1.54) is 11.1 Å². The Labute approximate surface area is 117 Å². The molecule has 19 heavy (non-hydrogen) atoms. The van der Waals surface area contributed by atoms with Crippen molar-refractivity contribution < 1.29 is 0 Å². The maximum Gasteiger partial charge on any atom is 0.0503 e. The Hall–Kier alpha value is -1.99. The van der Waals surface area contributed by atoms with Gasteiger partial charge in [-0.1, -0.05) is 60.7 Å². The molecule has 0 radical (unpaired) electrons. The molecule has 0 fully saturated rings. The molecule has 3 rings (SSSR count). The fourth-order valence-electron chi connectivity index (χ4n) is 2.24. The van der Waals surface area contributed by atoms with Crippen molar-refractivity contribution in [3.05, 3.63) is 72.3 Å². The third kappa shape index (κ3) is 2.42. The number of rotatable bonds is 3. The lowest BCUT2D eigenvalue weighted by Gasteiger charge is -2.01. The number of aromatic amines is 1. The van der Waals surface area contributed by atoms with Crippen LogP contribution in [0.4, 0.5) is 0 Å². The molecule has 1 heterocycles. The Morgan fingerprint density at radius 2 is 1.37 bits per heavy atom. The van der Waals surface area contributed by atoms with Gasteiger partial charge < -0.3 is 4.98 Å². The minimum Gasteiger partial charge on any atom is -0.354 e. The minimum absolute atomic E-state index is 0.508. The Balaban J connectivity index is 2.09. The molecule has 1 nitrogen and oxygen atoms in total. The van der Waals surface area contributed by atoms with Crippen LogP contribution in [0.15, 0.2) is 66.7 Å². The summed E-state index contributed by atoms with van der Waals surface area (Å²) in [6.07, 6.45) is 0. The molecule has 0 aliphatic carbocycles. The van der Waals surface area contributed by atoms with E-state index in [4.69, 9.17) is 11.6 Å². The van der Waals surface area contributed by atoms with Crippen LogP contribution in [-0.2, 0) is 5.88 Å². The molecule has 2 heteroatoms. The summed E-state index contributed by atoms with van der Waals surface area (Å²) < 4.78 is 0. The minimum atomic E-state index is 0.508. The number of halogens is 1. The van der Waals surface area contributed by atoms with Crippen LogP contribution in [0.3, 0.4) is 0 Å². The van der Waals surface area contributed by atoms with Gasteiger partial charge in [0, 0.05) is 11.6 Å². The highest BCUT2D eigenvalue weighted by Gasteiger charge is 2.10. The van der Waals surface area contributed by atoms with Crippen LogP contribution in [0.25, 0.3) is 22.5 Å². The Kier molecular flexibility index (Phi) is 3.39. The molecular formula is C17H14ClN. The summed E-state index contributed by atoms with van der Waals surface area (Å²) >= 11 is 6.06. The summed E-state index contributed by atoms with van der Waals surface area (Å²) in [6.45, 7) is 0. The normalized spacial score (nSPS) is 10.6. The third-order valence-corrected chi connectivity index (χ3v) is 3.48. The van der Waals surface area contributed by atoms with E-state index in [1.54, 1.807) is 0 Å². The number of H-pyrrole nitrogens is 1. The summed E-state index contributed by atoms with van der Waals surface area (Å²) in [5.74, 6) is 0.508. The second-order valence-corrected chi connectivity index (χ2v) is 4.72. The molecule has 0 unspecified atom stereocenters. The maximum atomic E-state index is 6.06. The van der Waals surface area contributed by atoms with Gasteiger partial charge in [0.15, 0.2) is 0 Å². The van der Waals surface area contributed by atoms with E-state index in [0.29, 0.717) is 5.88 Å². The second-order valence-electron chi connectivity index (χ2n) is 4.45. The van der Waals surface area contributed by atoms with E-state index in [1.807, 2.05) is 36.4 Å². The molecule has 1 N–H and O–H groups in total. The van der Waals surface area contributed by atoms with Crippen molar-refractivity contribution in [2.75, 3.05) is 0 Å². The molecule has 94 valence electrons. The van der Waals surface area contributed by atoms with Crippen LogP contribution >= 0.6 is 11.6 Å². The summed E-state index contributed by atoms with van der Waals surface area (Å²) in [7, 11) is 0. The standard InChI is InChI=1S/C17H14ClN/c18-12-15-11-16(13-7-3-1-4-8-13)19-17(15)14-9-5-2-6-10-14/h1-11,19H,12H2. The first-order chi connectivity index (χ1) is 9.38. The van der Waals surface area contributed by atoms with Crippen molar-refractivity contribution in [1.82, 2.24) is 4.98 Å². The first kappa shape index (κ1) is 12.1. The van der Waals surface area contributed by atoms with Gasteiger partial charge in [0.05, 0.1) is 5.69 Å². The van der Waals surface area contributed by atoms with Crippen LogP contribution in [0.1, 0.15) is 5.56 Å². The number of aromatic nitrogens is 1. The van der Waals surface area contributed by atoms with Gasteiger partial charge in [0.2, 0.25) is 0 Å². The van der Waals surface area contributed by atoms with Crippen molar-refractivity contribution in [3.63, 3.8) is 0 Å². The zero-order valence-corrected chi connectivity index (χ0v) is 11.2. The lowest BCUT2D eigenvalue weighted by atomic mass is 10.1. The van der Waals surface area contributed by atoms with Gasteiger partial charge in [-0.05, 0) is 22.8 Å². The molecule has 0 aliphatic heterocycles. The highest BCUT2D eigenvalue weighted by molar-refractivity contribution is 6.17. The van der Waals surface area contributed by atoms with Crippen LogP contribution in [0.2, 0.25) is 0 Å². The van der Waals surface area contributed by atoms with Crippen LogP contribution in [0, 0.1) is 0 Å². The highest BCUT2D eigenvalue weighted by atomic mass is 35.5. The zero-order valence-electron chi connectivity index (χ0n) is 10.4. The molecule has 0 aliphatic rings. The summed E-state index contributed by atoms with van der Waals surface area (Å²) in [6, 6.07) is 22.7. The van der Waals surface area contributed by atoms with Crippen LogP contribution in [-0.4, -0.2) is 4.98 Å². The summed E-state index contributed by atoms with van der Waals surface area (Å²) in [5.41, 5.74) is 5.69. The van der Waals surface area contributed by atoms with Crippen molar-refractivity contribution in [2.45, 2.75) is 5.88 Å². The van der Waals surface area contributed by atoms with E-state index in [2.05, 4.69) is 35.3 Å². The highest BCUT2D eigenvalue weighted by Crippen LogP contribution is 2.29. The molecule has 3 aromatic rings. The lowest BCUT2D eigenvalue weighted by molar-refractivity contribution is 1.35. The van der Waals surface area contributed by atoms with Crippen molar-refractivity contribution in [1.29, 1.82) is 0 Å². The largest absolute Gasteiger partial charge is 0.354 e. The average molecular weight is 268 g/mol. The molecule has 0 bridgehead atoms. The van der Waals surface area contributed by atoms with Crippen molar-refractivity contribution in [2.24, 2.45) is 0 Å². The first-order valence-electron chi connectivity index (χ1n) is 6.27. The molecule has 0 saturated carbocycles. The Bertz CT molecular complexity index is 656. The molecule has 2 aromatic carbocycles. The topological polar surface area (TPSA) is 15.8 Å². The molecule has 0 amide bonds. The van der Waals surface area contributed by atoms with Gasteiger partial charge in [-0.25, -0.2) is 0 Å². The fraction of sp³-hybridized carbons (Fsp3) is 0.0588. The van der Waals surface area contributed by atoms with E-state index in [0.717, 1.165) is 17.0 Å². The van der Waals surface area contributed by atoms with Gasteiger partial charge in [-0.3, -0.25) is 0 Å². The van der Waals surface area contributed by atoms with E-state index >= 15 is 0 Å². The molecule has 0 atom stereocenters. The maximum absolute atomic E-state index is 6.06. The quantitative estimate of drug-likeness (QED) is 0.637. The third-order valence-electron chi connectivity index (χ3n) is 3.19. The fourth-order valence-corrected chi connectivity index (χ4v) is 2.45. The summed E-state index contributed by atoms with van der Waals surface area (Å²) in [4.78, 5) is 3.48. The number of hydrogen-bond donors (Lipinski definition) is 1. The number of alkyl halides is 1. The molecule has 0 saturated heterocycles. The van der Waals surface area contributed by atoms with E-state index < -0.39 is 0 Å². The monoisotopic (exact) mass is 267 g/mol. The van der Waals surface area contributed by atoms with Crippen molar-refractivity contribution in [3.8, 4) is 22.5 Å². The van der Waals surface area contributed by atoms with E-state index in [9.17, 15) is 0 Å². The van der Waals surface area contributed by atoms with Gasteiger partial charge in [0.1, 0.15) is 0 Å². The van der Waals surface area contributed by atoms with Gasteiger partial charge >= 0.3 is 0 Å². The zero-order chi connectivity index (χ0) is 13.1. The first-order valence-corrected chi connectivity index (χ1v) is 6.80. The number of benzene rings is 2. The average Bonchev–Trinajstić information content (AvgIpc) is 2.93. The van der Waals surface area contributed by atoms with Gasteiger partial charge in [-0.15, -0.1) is 11.6 Å². The van der Waals surface area contributed by atoms with Crippen LogP contribution in [0.5, 0.6) is 0 Å². The SMILES string of the molecule is ClCc1cc(-c2ccccc2)[nH]c1-c1ccccc1. The van der Waals surface area contributed by atoms with Gasteiger partial charge in [0.25, 0.3) is 0 Å². The molecule has 0 spiro atoms. The predicted molar refractivity (Wildman–Crippen MR) is 81.2 cm³/mol. The van der Waals surface area contributed by atoms with Crippen LogP contribution < -0.4 is 0 Å².